The summed E-state index contributed by atoms with van der Waals surface area (Å²) in [5.74, 6) is -0.297. The molecule has 0 aliphatic rings. The van der Waals surface area contributed by atoms with E-state index < -0.39 is 9.84 Å². The van der Waals surface area contributed by atoms with Crippen LogP contribution in [0.3, 0.4) is 0 Å². The second-order valence-electron chi connectivity index (χ2n) is 6.03. The van der Waals surface area contributed by atoms with Crippen molar-refractivity contribution >= 4 is 26.6 Å². The van der Waals surface area contributed by atoms with Crippen molar-refractivity contribution in [3.05, 3.63) is 72.3 Å². The van der Waals surface area contributed by atoms with Crippen LogP contribution >= 0.6 is 0 Å². The third kappa shape index (κ3) is 4.35. The van der Waals surface area contributed by atoms with Crippen molar-refractivity contribution in [1.82, 2.24) is 5.32 Å². The third-order valence-corrected chi connectivity index (χ3v) is 5.96. The van der Waals surface area contributed by atoms with Crippen LogP contribution in [-0.2, 0) is 25.9 Å². The molecular formula is C21H21NO4S. The van der Waals surface area contributed by atoms with E-state index in [4.69, 9.17) is 4.74 Å². The lowest BCUT2D eigenvalue weighted by Gasteiger charge is -2.10. The zero-order valence-electron chi connectivity index (χ0n) is 15.0. The number of fused-ring (bicyclic) bond motifs is 1. The summed E-state index contributed by atoms with van der Waals surface area (Å²) < 4.78 is 30.5. The van der Waals surface area contributed by atoms with Crippen LogP contribution in [0.4, 0.5) is 0 Å². The van der Waals surface area contributed by atoms with Crippen molar-refractivity contribution in [3.63, 3.8) is 0 Å². The maximum Gasteiger partial charge on any atom is 0.319 e. The number of sulfone groups is 1. The molecule has 3 aromatic rings. The van der Waals surface area contributed by atoms with Crippen LogP contribution < -0.4 is 5.32 Å². The van der Waals surface area contributed by atoms with Crippen LogP contribution in [0.1, 0.15) is 12.5 Å². The molecule has 0 unspecified atom stereocenters. The topological polar surface area (TPSA) is 72.5 Å². The van der Waals surface area contributed by atoms with Crippen molar-refractivity contribution in [2.75, 3.05) is 13.2 Å². The Bertz CT molecular complexity index is 1050. The van der Waals surface area contributed by atoms with E-state index in [1.165, 1.54) is 0 Å². The Balaban J connectivity index is 1.86. The minimum Gasteiger partial charge on any atom is -0.465 e. The normalized spacial score (nSPS) is 11.4. The molecule has 1 N–H and O–H groups in total. The van der Waals surface area contributed by atoms with Crippen molar-refractivity contribution in [1.29, 1.82) is 0 Å². The molecular weight excluding hydrogens is 362 g/mol. The predicted molar refractivity (Wildman–Crippen MR) is 104 cm³/mol. The molecule has 6 heteroatoms. The minimum atomic E-state index is -3.55. The zero-order chi connectivity index (χ0) is 19.3. The Morgan fingerprint density at radius 1 is 0.963 bits per heavy atom. The molecule has 0 bridgehead atoms. The van der Waals surface area contributed by atoms with Crippen molar-refractivity contribution in [3.8, 4) is 0 Å². The Labute approximate surface area is 158 Å². The monoisotopic (exact) mass is 383 g/mol. The molecule has 27 heavy (non-hydrogen) atoms. The molecule has 140 valence electrons. The van der Waals surface area contributed by atoms with E-state index >= 15 is 0 Å². The maximum atomic E-state index is 12.8. The summed E-state index contributed by atoms with van der Waals surface area (Å²) in [6.45, 7) is 2.74. The van der Waals surface area contributed by atoms with Crippen molar-refractivity contribution < 1.29 is 17.9 Å². The number of benzene rings is 3. The highest BCUT2D eigenvalue weighted by Crippen LogP contribution is 2.26. The molecule has 0 aliphatic heterocycles. The second kappa shape index (κ2) is 8.33. The van der Waals surface area contributed by atoms with Gasteiger partial charge in [0, 0.05) is 6.54 Å². The van der Waals surface area contributed by atoms with Crippen molar-refractivity contribution in [2.24, 2.45) is 0 Å². The summed E-state index contributed by atoms with van der Waals surface area (Å²) in [6.07, 6.45) is 0. The average molecular weight is 383 g/mol. The smallest absolute Gasteiger partial charge is 0.319 e. The fourth-order valence-corrected chi connectivity index (χ4v) is 4.21. The number of ether oxygens (including phenoxy) is 1. The first-order chi connectivity index (χ1) is 13.0. The summed E-state index contributed by atoms with van der Waals surface area (Å²) in [7, 11) is -3.55. The minimum absolute atomic E-state index is 0.130. The molecule has 5 nitrogen and oxygen atoms in total. The van der Waals surface area contributed by atoms with Crippen LogP contribution in [0.5, 0.6) is 0 Å². The van der Waals surface area contributed by atoms with Gasteiger partial charge in [-0.15, -0.1) is 0 Å². The molecule has 0 heterocycles. The van der Waals surface area contributed by atoms with E-state index in [0.29, 0.717) is 13.2 Å². The van der Waals surface area contributed by atoms with Gasteiger partial charge in [0.2, 0.25) is 9.84 Å². The molecule has 0 saturated heterocycles. The Hall–Kier alpha value is -2.70. The fraction of sp³-hybridized carbons (Fsp3) is 0.190. The summed E-state index contributed by atoms with van der Waals surface area (Å²) in [4.78, 5) is 12.0. The lowest BCUT2D eigenvalue weighted by Crippen LogP contribution is -2.24. The van der Waals surface area contributed by atoms with Crippen molar-refractivity contribution in [2.45, 2.75) is 23.3 Å². The lowest BCUT2D eigenvalue weighted by atomic mass is 10.0. The van der Waals surface area contributed by atoms with E-state index in [9.17, 15) is 13.2 Å². The van der Waals surface area contributed by atoms with Gasteiger partial charge in [0.15, 0.2) is 0 Å². The zero-order valence-corrected chi connectivity index (χ0v) is 15.8. The van der Waals surface area contributed by atoms with Crippen LogP contribution in [0.15, 0.2) is 76.5 Å². The molecule has 0 spiro atoms. The van der Waals surface area contributed by atoms with Gasteiger partial charge in [0.05, 0.1) is 22.9 Å². The summed E-state index contributed by atoms with van der Waals surface area (Å²) in [5, 5.41) is 4.84. The van der Waals surface area contributed by atoms with Gasteiger partial charge in [-0.3, -0.25) is 4.79 Å². The largest absolute Gasteiger partial charge is 0.465 e. The van der Waals surface area contributed by atoms with Gasteiger partial charge < -0.3 is 10.1 Å². The van der Waals surface area contributed by atoms with Gasteiger partial charge in [0.25, 0.3) is 0 Å². The van der Waals surface area contributed by atoms with Crippen LogP contribution in [0.25, 0.3) is 10.8 Å². The van der Waals surface area contributed by atoms with Crippen LogP contribution in [0, 0.1) is 0 Å². The van der Waals surface area contributed by atoms with Gasteiger partial charge in [-0.2, -0.15) is 0 Å². The fourth-order valence-electron chi connectivity index (χ4n) is 2.90. The maximum absolute atomic E-state index is 12.8. The van der Waals surface area contributed by atoms with Gasteiger partial charge in [-0.05, 0) is 47.5 Å². The van der Waals surface area contributed by atoms with Gasteiger partial charge in [0.1, 0.15) is 0 Å². The number of hydrogen-bond acceptors (Lipinski definition) is 5. The molecule has 3 rings (SSSR count). The first kappa shape index (κ1) is 19.1. The van der Waals surface area contributed by atoms with Gasteiger partial charge in [-0.25, -0.2) is 8.42 Å². The van der Waals surface area contributed by atoms with E-state index in [-0.39, 0.29) is 22.3 Å². The molecule has 0 radical (unpaired) electrons. The molecule has 0 amide bonds. The molecule has 3 aromatic carbocycles. The number of carbonyl (C=O) groups is 1. The Morgan fingerprint density at radius 2 is 1.74 bits per heavy atom. The molecule has 0 saturated carbocycles. The van der Waals surface area contributed by atoms with Crippen LogP contribution in [-0.4, -0.2) is 27.5 Å². The lowest BCUT2D eigenvalue weighted by molar-refractivity contribution is -0.142. The number of rotatable bonds is 7. The van der Waals surface area contributed by atoms with E-state index in [1.54, 1.807) is 49.4 Å². The third-order valence-electron chi connectivity index (χ3n) is 4.20. The summed E-state index contributed by atoms with van der Waals surface area (Å²) in [6, 6.07) is 19.2. The number of hydrogen-bond donors (Lipinski definition) is 1. The highest BCUT2D eigenvalue weighted by Gasteiger charge is 2.17. The number of esters is 1. The van der Waals surface area contributed by atoms with E-state index in [1.807, 2.05) is 24.3 Å². The molecule has 0 aliphatic carbocycles. The van der Waals surface area contributed by atoms with E-state index in [0.717, 1.165) is 16.3 Å². The first-order valence-electron chi connectivity index (χ1n) is 8.70. The quantitative estimate of drug-likeness (QED) is 0.634. The Kier molecular flexibility index (Phi) is 5.88. The molecule has 0 fully saturated rings. The second-order valence-corrected chi connectivity index (χ2v) is 7.97. The Morgan fingerprint density at radius 3 is 2.48 bits per heavy atom. The molecule has 0 aromatic heterocycles. The van der Waals surface area contributed by atoms with Gasteiger partial charge in [-0.1, -0.05) is 42.5 Å². The highest BCUT2D eigenvalue weighted by atomic mass is 32.2. The SMILES string of the molecule is CCOC(=O)CNCc1cccc2cc(S(=O)(=O)c3ccccc3)ccc12. The van der Waals surface area contributed by atoms with Crippen LogP contribution in [0.2, 0.25) is 0 Å². The average Bonchev–Trinajstić information content (AvgIpc) is 2.68. The summed E-state index contributed by atoms with van der Waals surface area (Å²) in [5.41, 5.74) is 0.987. The van der Waals surface area contributed by atoms with E-state index in [2.05, 4.69) is 5.32 Å². The standard InChI is InChI=1S/C21H21NO4S/c1-2-26-21(23)15-22-14-17-8-6-7-16-13-19(11-12-20(16)17)27(24,25)18-9-4-3-5-10-18/h3-13,22H,2,14-15H2,1H3. The highest BCUT2D eigenvalue weighted by molar-refractivity contribution is 7.91. The number of carbonyl (C=O) groups excluding carboxylic acids is 1. The number of nitrogens with one attached hydrogen (secondary N) is 1. The van der Waals surface area contributed by atoms with Gasteiger partial charge >= 0.3 is 5.97 Å². The first-order valence-corrected chi connectivity index (χ1v) is 10.2. The summed E-state index contributed by atoms with van der Waals surface area (Å²) >= 11 is 0. The molecule has 0 atom stereocenters. The predicted octanol–water partition coefficient (Wildman–Crippen LogP) is 3.33.